The summed E-state index contributed by atoms with van der Waals surface area (Å²) < 4.78 is 29.0. The van der Waals surface area contributed by atoms with E-state index in [1.54, 1.807) is 24.3 Å². The van der Waals surface area contributed by atoms with Crippen LogP contribution in [0, 0.1) is 6.92 Å². The van der Waals surface area contributed by atoms with Gasteiger partial charge >= 0.3 is 0 Å². The van der Waals surface area contributed by atoms with Crippen molar-refractivity contribution in [3.05, 3.63) is 77.9 Å². The van der Waals surface area contributed by atoms with E-state index in [1.807, 2.05) is 49.4 Å². The number of pyridine rings is 1. The molecule has 0 N–H and O–H groups in total. The molecule has 3 rings (SSSR count). The summed E-state index contributed by atoms with van der Waals surface area (Å²) in [4.78, 5) is 4.83. The highest BCUT2D eigenvalue weighted by atomic mass is 32.2. The molecule has 128 valence electrons. The van der Waals surface area contributed by atoms with Gasteiger partial charge < -0.3 is 4.74 Å². The lowest BCUT2D eigenvalue weighted by molar-refractivity contribution is 0.294. The highest BCUT2D eigenvalue weighted by Crippen LogP contribution is 2.24. The van der Waals surface area contributed by atoms with Crippen molar-refractivity contribution in [2.75, 3.05) is 6.26 Å². The van der Waals surface area contributed by atoms with Crippen molar-refractivity contribution in [1.82, 2.24) is 4.98 Å². The first kappa shape index (κ1) is 17.2. The van der Waals surface area contributed by atoms with E-state index in [9.17, 15) is 8.42 Å². The lowest BCUT2D eigenvalue weighted by Crippen LogP contribution is -1.99. The predicted molar refractivity (Wildman–Crippen MR) is 98.3 cm³/mol. The van der Waals surface area contributed by atoms with E-state index in [0.717, 1.165) is 22.4 Å². The molecule has 3 aromatic rings. The molecule has 0 aliphatic rings. The first-order valence-corrected chi connectivity index (χ1v) is 9.77. The second kappa shape index (κ2) is 7.07. The van der Waals surface area contributed by atoms with Crippen molar-refractivity contribution in [3.63, 3.8) is 0 Å². The smallest absolute Gasteiger partial charge is 0.214 e. The molecule has 0 spiro atoms. The molecule has 0 aliphatic heterocycles. The summed E-state index contributed by atoms with van der Waals surface area (Å²) in [5, 5.41) is 0. The Hall–Kier alpha value is -2.66. The fourth-order valence-electron chi connectivity index (χ4n) is 2.46. The molecule has 1 aromatic heterocycles. The van der Waals surface area contributed by atoms with Crippen LogP contribution in [0.25, 0.3) is 11.3 Å². The number of hydrogen-bond acceptors (Lipinski definition) is 4. The Balaban J connectivity index is 1.84. The van der Waals surface area contributed by atoms with Crippen molar-refractivity contribution >= 4 is 9.84 Å². The van der Waals surface area contributed by atoms with Gasteiger partial charge in [0.15, 0.2) is 9.84 Å². The number of sulfone groups is 1. The molecule has 5 heteroatoms. The van der Waals surface area contributed by atoms with Crippen LogP contribution in [0.2, 0.25) is 0 Å². The molecule has 0 saturated carbocycles. The molecular weight excluding hydrogens is 334 g/mol. The molecule has 0 atom stereocenters. The summed E-state index contributed by atoms with van der Waals surface area (Å²) in [6.07, 6.45) is 1.20. The summed E-state index contributed by atoms with van der Waals surface area (Å²) >= 11 is 0. The van der Waals surface area contributed by atoms with Crippen molar-refractivity contribution in [1.29, 1.82) is 0 Å². The van der Waals surface area contributed by atoms with Crippen molar-refractivity contribution in [2.45, 2.75) is 18.4 Å². The zero-order valence-electron chi connectivity index (χ0n) is 14.1. The maximum atomic E-state index is 11.6. The van der Waals surface area contributed by atoms with Gasteiger partial charge in [-0.25, -0.2) is 13.4 Å². The number of hydrogen-bond donors (Lipinski definition) is 0. The zero-order chi connectivity index (χ0) is 17.9. The van der Waals surface area contributed by atoms with Gasteiger partial charge in [-0.3, -0.25) is 0 Å². The molecule has 0 aliphatic carbocycles. The maximum Gasteiger partial charge on any atom is 0.214 e. The third-order valence-corrected chi connectivity index (χ3v) is 4.88. The SMILES string of the molecule is Cc1cc(OCc2ccccc2)nc(-c2ccc(S(C)(=O)=O)cc2)c1. The number of benzene rings is 2. The van der Waals surface area contributed by atoms with Crippen LogP contribution in [-0.4, -0.2) is 19.7 Å². The quantitative estimate of drug-likeness (QED) is 0.695. The largest absolute Gasteiger partial charge is 0.473 e. The number of ether oxygens (including phenoxy) is 1. The summed E-state index contributed by atoms with van der Waals surface area (Å²) in [6, 6.07) is 20.5. The summed E-state index contributed by atoms with van der Waals surface area (Å²) in [5.74, 6) is 0.547. The molecule has 25 heavy (non-hydrogen) atoms. The summed E-state index contributed by atoms with van der Waals surface area (Å²) in [5.41, 5.74) is 3.70. The van der Waals surface area contributed by atoms with Gasteiger partial charge in [-0.05, 0) is 36.2 Å². The van der Waals surface area contributed by atoms with Gasteiger partial charge in [0.25, 0.3) is 0 Å². The monoisotopic (exact) mass is 353 g/mol. The fourth-order valence-corrected chi connectivity index (χ4v) is 3.09. The molecule has 0 radical (unpaired) electrons. The van der Waals surface area contributed by atoms with Gasteiger partial charge in [-0.15, -0.1) is 0 Å². The Labute approximate surface area is 148 Å². The van der Waals surface area contributed by atoms with Gasteiger partial charge in [-0.2, -0.15) is 0 Å². The second-order valence-corrected chi connectivity index (χ2v) is 7.95. The number of aryl methyl sites for hydroxylation is 1. The van der Waals surface area contributed by atoms with Gasteiger partial charge in [0, 0.05) is 17.9 Å². The third-order valence-electron chi connectivity index (χ3n) is 3.75. The van der Waals surface area contributed by atoms with E-state index in [1.165, 1.54) is 6.26 Å². The lowest BCUT2D eigenvalue weighted by Gasteiger charge is -2.09. The highest BCUT2D eigenvalue weighted by molar-refractivity contribution is 7.90. The summed E-state index contributed by atoms with van der Waals surface area (Å²) in [7, 11) is -3.20. The van der Waals surface area contributed by atoms with E-state index in [2.05, 4.69) is 4.98 Å². The van der Waals surface area contributed by atoms with Crippen LogP contribution < -0.4 is 4.74 Å². The van der Waals surface area contributed by atoms with Gasteiger partial charge in [-0.1, -0.05) is 42.5 Å². The first-order chi connectivity index (χ1) is 11.9. The fraction of sp³-hybridized carbons (Fsp3) is 0.150. The second-order valence-electron chi connectivity index (χ2n) is 5.94. The molecule has 0 unspecified atom stereocenters. The Morgan fingerprint density at radius 3 is 2.28 bits per heavy atom. The van der Waals surface area contributed by atoms with Crippen LogP contribution in [0.3, 0.4) is 0 Å². The molecule has 0 amide bonds. The van der Waals surface area contributed by atoms with Crippen LogP contribution in [0.1, 0.15) is 11.1 Å². The molecular formula is C20H19NO3S. The minimum atomic E-state index is -3.20. The van der Waals surface area contributed by atoms with Gasteiger partial charge in [0.1, 0.15) is 6.61 Å². The molecule has 1 heterocycles. The molecule has 2 aromatic carbocycles. The standard InChI is InChI=1S/C20H19NO3S/c1-15-12-19(17-8-10-18(11-9-17)25(2,22)23)21-20(13-15)24-14-16-6-4-3-5-7-16/h3-13H,14H2,1-2H3. The average molecular weight is 353 g/mol. The Morgan fingerprint density at radius 1 is 0.960 bits per heavy atom. The van der Waals surface area contributed by atoms with Crippen LogP contribution >= 0.6 is 0 Å². The van der Waals surface area contributed by atoms with E-state index >= 15 is 0 Å². The first-order valence-electron chi connectivity index (χ1n) is 7.88. The molecule has 0 saturated heterocycles. The summed E-state index contributed by atoms with van der Waals surface area (Å²) in [6.45, 7) is 2.43. The minimum absolute atomic E-state index is 0.296. The van der Waals surface area contributed by atoms with E-state index < -0.39 is 9.84 Å². The highest BCUT2D eigenvalue weighted by Gasteiger charge is 2.09. The molecule has 0 bridgehead atoms. The lowest BCUT2D eigenvalue weighted by atomic mass is 10.1. The van der Waals surface area contributed by atoms with E-state index in [4.69, 9.17) is 4.74 Å². The predicted octanol–water partition coefficient (Wildman–Crippen LogP) is 4.04. The van der Waals surface area contributed by atoms with Crippen molar-refractivity contribution in [3.8, 4) is 17.1 Å². The molecule has 0 fully saturated rings. The average Bonchev–Trinajstić information content (AvgIpc) is 2.60. The Bertz CT molecular complexity index is 966. The number of aromatic nitrogens is 1. The van der Waals surface area contributed by atoms with Gasteiger partial charge in [0.2, 0.25) is 5.88 Å². The van der Waals surface area contributed by atoms with Crippen LogP contribution in [0.4, 0.5) is 0 Å². The van der Waals surface area contributed by atoms with Crippen molar-refractivity contribution < 1.29 is 13.2 Å². The topological polar surface area (TPSA) is 56.3 Å². The Morgan fingerprint density at radius 2 is 1.64 bits per heavy atom. The Kier molecular flexibility index (Phi) is 4.86. The third kappa shape index (κ3) is 4.45. The van der Waals surface area contributed by atoms with Crippen LogP contribution in [0.15, 0.2) is 71.6 Å². The normalized spacial score (nSPS) is 11.3. The van der Waals surface area contributed by atoms with Crippen molar-refractivity contribution in [2.24, 2.45) is 0 Å². The maximum absolute atomic E-state index is 11.6. The van der Waals surface area contributed by atoms with Gasteiger partial charge in [0.05, 0.1) is 10.6 Å². The van der Waals surface area contributed by atoms with E-state index in [0.29, 0.717) is 17.4 Å². The van der Waals surface area contributed by atoms with E-state index in [-0.39, 0.29) is 0 Å². The zero-order valence-corrected chi connectivity index (χ0v) is 15.0. The molecule has 4 nitrogen and oxygen atoms in total. The van der Waals surface area contributed by atoms with Crippen LogP contribution in [-0.2, 0) is 16.4 Å². The number of rotatable bonds is 5. The van der Waals surface area contributed by atoms with Crippen LogP contribution in [0.5, 0.6) is 5.88 Å². The minimum Gasteiger partial charge on any atom is -0.473 e. The number of nitrogens with zero attached hydrogens (tertiary/aromatic N) is 1.